The SMILES string of the molecule is CCc1cc(OC)cc2nc(-c3cccnc3N3CCC(CN(C)C)CC3)oc(=O)c12. The summed E-state index contributed by atoms with van der Waals surface area (Å²) >= 11 is 0. The van der Waals surface area contributed by atoms with Crippen LogP contribution in [0.3, 0.4) is 0 Å². The van der Waals surface area contributed by atoms with Crippen LogP contribution < -0.4 is 15.3 Å². The van der Waals surface area contributed by atoms with Gasteiger partial charge >= 0.3 is 5.63 Å². The van der Waals surface area contributed by atoms with Gasteiger partial charge in [0.2, 0.25) is 5.89 Å². The van der Waals surface area contributed by atoms with Crippen molar-refractivity contribution in [1.82, 2.24) is 14.9 Å². The molecule has 0 bridgehead atoms. The summed E-state index contributed by atoms with van der Waals surface area (Å²) < 4.78 is 11.1. The van der Waals surface area contributed by atoms with E-state index in [0.29, 0.717) is 34.9 Å². The predicted octanol–water partition coefficient (Wildman–Crippen LogP) is 3.60. The molecule has 1 aromatic carbocycles. The van der Waals surface area contributed by atoms with Gasteiger partial charge < -0.3 is 19.0 Å². The average Bonchev–Trinajstić information content (AvgIpc) is 2.78. The molecule has 31 heavy (non-hydrogen) atoms. The van der Waals surface area contributed by atoms with Crippen LogP contribution in [0, 0.1) is 5.92 Å². The van der Waals surface area contributed by atoms with Crippen LogP contribution in [0.2, 0.25) is 0 Å². The fourth-order valence-corrected chi connectivity index (χ4v) is 4.42. The molecule has 0 saturated carbocycles. The van der Waals surface area contributed by atoms with Gasteiger partial charge in [0.15, 0.2) is 0 Å². The number of anilines is 1. The van der Waals surface area contributed by atoms with Crippen LogP contribution in [-0.4, -0.2) is 55.7 Å². The largest absolute Gasteiger partial charge is 0.497 e. The van der Waals surface area contributed by atoms with Crippen molar-refractivity contribution in [2.75, 3.05) is 45.7 Å². The number of ether oxygens (including phenoxy) is 1. The summed E-state index contributed by atoms with van der Waals surface area (Å²) in [5, 5.41) is 0.516. The molecule has 3 aromatic rings. The smallest absolute Gasteiger partial charge is 0.347 e. The Bertz CT molecular complexity index is 1120. The molecule has 4 rings (SSSR count). The molecule has 0 unspecified atom stereocenters. The molecule has 3 heterocycles. The van der Waals surface area contributed by atoms with Crippen molar-refractivity contribution in [1.29, 1.82) is 0 Å². The third-order valence-corrected chi connectivity index (χ3v) is 5.96. The van der Waals surface area contributed by atoms with Gasteiger partial charge in [0.25, 0.3) is 0 Å². The Morgan fingerprint density at radius 3 is 2.71 bits per heavy atom. The van der Waals surface area contributed by atoms with Gasteiger partial charge in [-0.05, 0) is 63.0 Å². The second kappa shape index (κ2) is 9.06. The Labute approximate surface area is 182 Å². The number of nitrogens with zero attached hydrogens (tertiary/aromatic N) is 4. The minimum atomic E-state index is -0.376. The number of hydrogen-bond acceptors (Lipinski definition) is 7. The highest BCUT2D eigenvalue weighted by atomic mass is 16.5. The standard InChI is InChI=1S/C24H30N4O3/c1-5-17-13-18(30-4)14-20-21(17)24(29)31-23(26-20)19-7-6-10-25-22(19)28-11-8-16(9-12-28)15-27(2)3/h6-7,10,13-14,16H,5,8-9,11-12,15H2,1-4H3. The number of benzene rings is 1. The summed E-state index contributed by atoms with van der Waals surface area (Å²) in [4.78, 5) is 26.8. The van der Waals surface area contributed by atoms with Crippen LogP contribution >= 0.6 is 0 Å². The van der Waals surface area contributed by atoms with Crippen LogP contribution in [0.4, 0.5) is 5.82 Å². The molecule has 0 spiro atoms. The van der Waals surface area contributed by atoms with Crippen LogP contribution in [-0.2, 0) is 6.42 Å². The zero-order valence-electron chi connectivity index (χ0n) is 18.7. The molecule has 164 valence electrons. The molecule has 1 aliphatic heterocycles. The number of rotatable bonds is 6. The van der Waals surface area contributed by atoms with Crippen molar-refractivity contribution in [3.63, 3.8) is 0 Å². The zero-order chi connectivity index (χ0) is 22.0. The zero-order valence-corrected chi connectivity index (χ0v) is 18.7. The summed E-state index contributed by atoms with van der Waals surface area (Å²) in [6.07, 6.45) is 4.70. The van der Waals surface area contributed by atoms with E-state index in [1.807, 2.05) is 25.1 Å². The molecular formula is C24H30N4O3. The number of fused-ring (bicyclic) bond motifs is 1. The maximum absolute atomic E-state index is 12.9. The number of aryl methyl sites for hydroxylation is 1. The summed E-state index contributed by atoms with van der Waals surface area (Å²) in [6, 6.07) is 7.44. The van der Waals surface area contributed by atoms with Crippen molar-refractivity contribution >= 4 is 16.7 Å². The minimum Gasteiger partial charge on any atom is -0.497 e. The van der Waals surface area contributed by atoms with Crippen molar-refractivity contribution in [3.05, 3.63) is 46.4 Å². The number of piperidine rings is 1. The Balaban J connectivity index is 1.72. The first-order valence-corrected chi connectivity index (χ1v) is 10.9. The Morgan fingerprint density at radius 2 is 2.03 bits per heavy atom. The summed E-state index contributed by atoms with van der Waals surface area (Å²) in [7, 11) is 5.86. The lowest BCUT2D eigenvalue weighted by molar-refractivity contribution is 0.284. The molecular weight excluding hydrogens is 392 g/mol. The monoisotopic (exact) mass is 422 g/mol. The summed E-state index contributed by atoms with van der Waals surface area (Å²) in [5.41, 5.74) is 1.82. The highest BCUT2D eigenvalue weighted by molar-refractivity contribution is 5.84. The lowest BCUT2D eigenvalue weighted by Gasteiger charge is -2.34. The molecule has 0 aliphatic carbocycles. The normalized spacial score (nSPS) is 15.1. The number of methoxy groups -OCH3 is 1. The number of hydrogen-bond donors (Lipinski definition) is 0. The minimum absolute atomic E-state index is 0.298. The third kappa shape index (κ3) is 4.42. The van der Waals surface area contributed by atoms with Crippen molar-refractivity contribution in [2.24, 2.45) is 5.92 Å². The highest BCUT2D eigenvalue weighted by Crippen LogP contribution is 2.32. The van der Waals surface area contributed by atoms with Gasteiger partial charge in [-0.1, -0.05) is 6.92 Å². The van der Waals surface area contributed by atoms with Crippen molar-refractivity contribution in [2.45, 2.75) is 26.2 Å². The van der Waals surface area contributed by atoms with Crippen molar-refractivity contribution in [3.8, 4) is 17.2 Å². The first-order chi connectivity index (χ1) is 15.0. The second-order valence-electron chi connectivity index (χ2n) is 8.41. The van der Waals surface area contributed by atoms with Gasteiger partial charge in [-0.25, -0.2) is 14.8 Å². The molecule has 1 aliphatic rings. The second-order valence-corrected chi connectivity index (χ2v) is 8.41. The van der Waals surface area contributed by atoms with Crippen LogP contribution in [0.15, 0.2) is 39.7 Å². The highest BCUT2D eigenvalue weighted by Gasteiger charge is 2.24. The molecule has 1 saturated heterocycles. The molecule has 1 fully saturated rings. The molecule has 7 nitrogen and oxygen atoms in total. The van der Waals surface area contributed by atoms with Gasteiger partial charge in [-0.3, -0.25) is 0 Å². The van der Waals surface area contributed by atoms with E-state index in [-0.39, 0.29) is 5.63 Å². The summed E-state index contributed by atoms with van der Waals surface area (Å²) in [6.45, 7) is 4.95. The van der Waals surface area contributed by atoms with Gasteiger partial charge in [0.1, 0.15) is 11.6 Å². The fourth-order valence-electron chi connectivity index (χ4n) is 4.42. The van der Waals surface area contributed by atoms with Gasteiger partial charge in [-0.2, -0.15) is 0 Å². The quantitative estimate of drug-likeness (QED) is 0.601. The molecule has 0 N–H and O–H groups in total. The first-order valence-electron chi connectivity index (χ1n) is 10.9. The van der Waals surface area contributed by atoms with E-state index in [0.717, 1.165) is 49.4 Å². The molecule has 0 atom stereocenters. The predicted molar refractivity (Wildman–Crippen MR) is 123 cm³/mol. The molecule has 0 radical (unpaired) electrons. The van der Waals surface area contributed by atoms with Crippen LogP contribution in [0.25, 0.3) is 22.4 Å². The van der Waals surface area contributed by atoms with Crippen LogP contribution in [0.1, 0.15) is 25.3 Å². The van der Waals surface area contributed by atoms with Crippen LogP contribution in [0.5, 0.6) is 5.75 Å². The maximum Gasteiger partial charge on any atom is 0.347 e. The Kier molecular flexibility index (Phi) is 6.23. The fraction of sp³-hybridized carbons (Fsp3) is 0.458. The lowest BCUT2D eigenvalue weighted by atomic mass is 9.96. The van der Waals surface area contributed by atoms with E-state index in [1.165, 1.54) is 0 Å². The molecule has 7 heteroatoms. The topological polar surface area (TPSA) is 71.7 Å². The van der Waals surface area contributed by atoms with E-state index in [2.05, 4.69) is 28.9 Å². The van der Waals surface area contributed by atoms with E-state index >= 15 is 0 Å². The van der Waals surface area contributed by atoms with Gasteiger partial charge in [0, 0.05) is 31.9 Å². The molecule has 2 aromatic heterocycles. The maximum atomic E-state index is 12.9. The Hall–Kier alpha value is -2.93. The molecule has 0 amide bonds. The lowest BCUT2D eigenvalue weighted by Crippen LogP contribution is -2.37. The van der Waals surface area contributed by atoms with E-state index in [9.17, 15) is 4.79 Å². The van der Waals surface area contributed by atoms with E-state index in [1.54, 1.807) is 19.4 Å². The first kappa shape index (κ1) is 21.3. The average molecular weight is 423 g/mol. The number of pyridine rings is 1. The van der Waals surface area contributed by atoms with Gasteiger partial charge in [-0.15, -0.1) is 0 Å². The summed E-state index contributed by atoms with van der Waals surface area (Å²) in [5.74, 6) is 2.49. The number of aromatic nitrogens is 2. The van der Waals surface area contributed by atoms with E-state index < -0.39 is 0 Å². The van der Waals surface area contributed by atoms with E-state index in [4.69, 9.17) is 14.1 Å². The van der Waals surface area contributed by atoms with Crippen molar-refractivity contribution < 1.29 is 9.15 Å². The van der Waals surface area contributed by atoms with Gasteiger partial charge in [0.05, 0.1) is 23.6 Å². The third-order valence-electron chi connectivity index (χ3n) is 5.96. The Morgan fingerprint density at radius 1 is 1.26 bits per heavy atom.